The van der Waals surface area contributed by atoms with Gasteiger partial charge in [0.25, 0.3) is 0 Å². The molecule has 0 fully saturated rings. The number of alkyl halides is 2. The maximum Gasteiger partial charge on any atom is 0.387 e. The molecule has 1 aromatic rings. The molecule has 0 saturated heterocycles. The molecule has 0 amide bonds. The minimum absolute atomic E-state index is 0. The minimum atomic E-state index is -3.24. The molecule has 0 spiro atoms. The van der Waals surface area contributed by atoms with E-state index in [1.54, 1.807) is 19.1 Å². The number of hydrogen-bond donors (Lipinski definition) is 3. The Kier molecular flexibility index (Phi) is 12.5. The van der Waals surface area contributed by atoms with E-state index in [4.69, 9.17) is 0 Å². The Labute approximate surface area is 176 Å². The van der Waals surface area contributed by atoms with Crippen LogP contribution >= 0.6 is 24.0 Å². The highest BCUT2D eigenvalue weighted by atomic mass is 127. The molecule has 156 valence electrons. The number of nitrogens with one attached hydrogen (secondary N) is 3. The second-order valence-corrected chi connectivity index (χ2v) is 7.50. The summed E-state index contributed by atoms with van der Waals surface area (Å²) >= 11 is 0. The van der Waals surface area contributed by atoms with Gasteiger partial charge in [-0.15, -0.1) is 24.0 Å². The van der Waals surface area contributed by atoms with Crippen molar-refractivity contribution in [3.63, 3.8) is 0 Å². The van der Waals surface area contributed by atoms with E-state index in [-0.39, 0.29) is 48.6 Å². The van der Waals surface area contributed by atoms with Crippen LogP contribution in [0.15, 0.2) is 23.2 Å². The monoisotopic (exact) mass is 520 g/mol. The topological polar surface area (TPSA) is 91.8 Å². The van der Waals surface area contributed by atoms with Crippen LogP contribution in [0.3, 0.4) is 0 Å². The lowest BCUT2D eigenvalue weighted by Gasteiger charge is -2.13. The molecule has 1 rings (SSSR count). The lowest BCUT2D eigenvalue weighted by Crippen LogP contribution is -2.41. The van der Waals surface area contributed by atoms with Crippen molar-refractivity contribution < 1.29 is 21.9 Å². The molecular weight excluding hydrogens is 493 g/mol. The van der Waals surface area contributed by atoms with Crippen LogP contribution < -0.4 is 20.1 Å². The van der Waals surface area contributed by atoms with Gasteiger partial charge in [0.2, 0.25) is 10.0 Å². The highest BCUT2D eigenvalue weighted by Gasteiger charge is 2.10. The van der Waals surface area contributed by atoms with Gasteiger partial charge in [0.05, 0.1) is 12.3 Å². The lowest BCUT2D eigenvalue weighted by molar-refractivity contribution is -0.0504. The molecule has 0 aromatic heterocycles. The lowest BCUT2D eigenvalue weighted by atomic mass is 10.1. The molecule has 0 atom stereocenters. The van der Waals surface area contributed by atoms with Crippen molar-refractivity contribution in [1.82, 2.24) is 15.4 Å². The molecule has 0 aliphatic rings. The van der Waals surface area contributed by atoms with Gasteiger partial charge in [0, 0.05) is 25.2 Å². The second kappa shape index (κ2) is 13.0. The van der Waals surface area contributed by atoms with Crippen LogP contribution in [-0.4, -0.2) is 46.4 Å². The molecule has 27 heavy (non-hydrogen) atoms. The molecule has 0 bridgehead atoms. The SMILES string of the molecule is CCNC(=NCc1cc(C)ccc1OC(F)F)NCCNS(=O)(=O)CC.I. The van der Waals surface area contributed by atoms with Gasteiger partial charge in [-0.05, 0) is 26.8 Å². The molecule has 0 saturated carbocycles. The second-order valence-electron chi connectivity index (χ2n) is 5.41. The zero-order chi connectivity index (χ0) is 19.6. The number of aliphatic imine (C=N–C) groups is 1. The Morgan fingerprint density at radius 1 is 1.22 bits per heavy atom. The molecule has 3 N–H and O–H groups in total. The summed E-state index contributed by atoms with van der Waals surface area (Å²) in [5.41, 5.74) is 1.44. The first-order chi connectivity index (χ1) is 12.3. The Morgan fingerprint density at radius 2 is 1.93 bits per heavy atom. The minimum Gasteiger partial charge on any atom is -0.434 e. The highest BCUT2D eigenvalue weighted by molar-refractivity contribution is 14.0. The normalized spacial score (nSPS) is 11.9. The van der Waals surface area contributed by atoms with E-state index < -0.39 is 16.6 Å². The van der Waals surface area contributed by atoms with Gasteiger partial charge in [-0.25, -0.2) is 18.1 Å². The molecule has 0 unspecified atom stereocenters. The Balaban J connectivity index is 0.00000676. The van der Waals surface area contributed by atoms with Crippen LogP contribution in [0.5, 0.6) is 5.75 Å². The summed E-state index contributed by atoms with van der Waals surface area (Å²) in [7, 11) is -3.24. The van der Waals surface area contributed by atoms with Gasteiger partial charge in [0.1, 0.15) is 5.75 Å². The van der Waals surface area contributed by atoms with Crippen LogP contribution in [0.4, 0.5) is 8.78 Å². The third kappa shape index (κ3) is 10.6. The quantitative estimate of drug-likeness (QED) is 0.191. The van der Waals surface area contributed by atoms with E-state index in [2.05, 4.69) is 25.1 Å². The third-order valence-electron chi connectivity index (χ3n) is 3.30. The number of aryl methyl sites for hydroxylation is 1. The van der Waals surface area contributed by atoms with E-state index in [9.17, 15) is 17.2 Å². The van der Waals surface area contributed by atoms with Crippen molar-refractivity contribution in [2.24, 2.45) is 4.99 Å². The molecule has 0 radical (unpaired) electrons. The van der Waals surface area contributed by atoms with E-state index in [1.807, 2.05) is 13.8 Å². The van der Waals surface area contributed by atoms with Crippen LogP contribution in [0.1, 0.15) is 25.0 Å². The fourth-order valence-electron chi connectivity index (χ4n) is 2.04. The van der Waals surface area contributed by atoms with E-state index in [0.29, 0.717) is 24.6 Å². The van der Waals surface area contributed by atoms with Gasteiger partial charge in [0.15, 0.2) is 5.96 Å². The number of nitrogens with zero attached hydrogens (tertiary/aromatic N) is 1. The Morgan fingerprint density at radius 3 is 2.52 bits per heavy atom. The van der Waals surface area contributed by atoms with Gasteiger partial charge in [-0.1, -0.05) is 17.7 Å². The number of rotatable bonds is 10. The highest BCUT2D eigenvalue weighted by Crippen LogP contribution is 2.22. The number of benzene rings is 1. The van der Waals surface area contributed by atoms with Gasteiger partial charge >= 0.3 is 6.61 Å². The Bertz CT molecular complexity index is 703. The number of hydrogen-bond acceptors (Lipinski definition) is 4. The van der Waals surface area contributed by atoms with Gasteiger partial charge in [-0.3, -0.25) is 0 Å². The van der Waals surface area contributed by atoms with E-state index in [0.717, 1.165) is 5.56 Å². The Hall–Kier alpha value is -1.21. The van der Waals surface area contributed by atoms with Crippen LogP contribution in [0.2, 0.25) is 0 Å². The summed E-state index contributed by atoms with van der Waals surface area (Å²) in [6.45, 7) is 3.67. The van der Waals surface area contributed by atoms with Crippen LogP contribution in [0.25, 0.3) is 0 Å². The molecule has 0 heterocycles. The van der Waals surface area contributed by atoms with E-state index in [1.165, 1.54) is 6.07 Å². The number of ether oxygens (including phenoxy) is 1. The summed E-state index contributed by atoms with van der Waals surface area (Å²) in [6.07, 6.45) is 0. The molecule has 7 nitrogen and oxygen atoms in total. The molecule has 0 aliphatic carbocycles. The molecule has 0 aliphatic heterocycles. The van der Waals surface area contributed by atoms with Crippen molar-refractivity contribution >= 4 is 40.0 Å². The number of sulfonamides is 1. The first-order valence-corrected chi connectivity index (χ1v) is 9.96. The van der Waals surface area contributed by atoms with Crippen LogP contribution in [-0.2, 0) is 16.6 Å². The predicted octanol–water partition coefficient (Wildman–Crippen LogP) is 2.21. The first-order valence-electron chi connectivity index (χ1n) is 8.31. The zero-order valence-corrected chi connectivity index (χ0v) is 18.7. The van der Waals surface area contributed by atoms with Crippen LogP contribution in [0, 0.1) is 6.92 Å². The maximum atomic E-state index is 12.5. The summed E-state index contributed by atoms with van der Waals surface area (Å²) in [5.74, 6) is 0.551. The van der Waals surface area contributed by atoms with Crippen molar-refractivity contribution in [3.05, 3.63) is 29.3 Å². The van der Waals surface area contributed by atoms with E-state index >= 15 is 0 Å². The summed E-state index contributed by atoms with van der Waals surface area (Å²) < 4.78 is 54.7. The fraction of sp³-hybridized carbons (Fsp3) is 0.562. The van der Waals surface area contributed by atoms with Gasteiger partial charge < -0.3 is 15.4 Å². The summed E-state index contributed by atoms with van der Waals surface area (Å²) in [4.78, 5) is 4.34. The average molecular weight is 520 g/mol. The smallest absolute Gasteiger partial charge is 0.387 e. The van der Waals surface area contributed by atoms with Crippen molar-refractivity contribution in [1.29, 1.82) is 0 Å². The zero-order valence-electron chi connectivity index (χ0n) is 15.6. The largest absolute Gasteiger partial charge is 0.434 e. The fourth-order valence-corrected chi connectivity index (χ4v) is 2.66. The number of guanidine groups is 1. The average Bonchev–Trinajstić information content (AvgIpc) is 2.58. The van der Waals surface area contributed by atoms with Crippen molar-refractivity contribution in [2.75, 3.05) is 25.4 Å². The number of halogens is 3. The standard InChI is InChI=1S/C16H26F2N4O3S.HI/c1-4-19-16(20-8-9-22-26(23,24)5-2)21-11-13-10-12(3)6-7-14(13)25-15(17)18;/h6-7,10,15,22H,4-5,8-9,11H2,1-3H3,(H2,19,20,21);1H. The maximum absolute atomic E-state index is 12.5. The summed E-state index contributed by atoms with van der Waals surface area (Å²) in [5, 5.41) is 6.00. The molecule has 1 aromatic carbocycles. The first kappa shape index (κ1) is 25.8. The summed E-state index contributed by atoms with van der Waals surface area (Å²) in [6, 6.07) is 4.92. The molecule has 11 heteroatoms. The molecular formula is C16H27F2IN4O3S. The van der Waals surface area contributed by atoms with Gasteiger partial charge in [-0.2, -0.15) is 8.78 Å². The van der Waals surface area contributed by atoms with Crippen molar-refractivity contribution in [2.45, 2.75) is 33.9 Å². The van der Waals surface area contributed by atoms with Crippen molar-refractivity contribution in [3.8, 4) is 5.75 Å². The predicted molar refractivity (Wildman–Crippen MR) is 114 cm³/mol. The third-order valence-corrected chi connectivity index (χ3v) is 4.71.